The van der Waals surface area contributed by atoms with Gasteiger partial charge in [0, 0.05) is 23.7 Å². The van der Waals surface area contributed by atoms with Gasteiger partial charge in [-0.25, -0.2) is 4.98 Å². The number of carbonyl (C=O) groups excluding carboxylic acids is 2. The summed E-state index contributed by atoms with van der Waals surface area (Å²) in [5.41, 5.74) is 3.50. The lowest BCUT2D eigenvalue weighted by atomic mass is 10.1. The Labute approximate surface area is 174 Å². The number of ether oxygens (including phenoxy) is 1. The molecule has 0 aliphatic carbocycles. The summed E-state index contributed by atoms with van der Waals surface area (Å²) in [5.74, 6) is 0.382. The number of methoxy groups -OCH3 is 1. The minimum atomic E-state index is -0.231. The summed E-state index contributed by atoms with van der Waals surface area (Å²) >= 11 is 0. The lowest BCUT2D eigenvalue weighted by Gasteiger charge is -2.11. The molecule has 0 aliphatic rings. The lowest BCUT2D eigenvalue weighted by Crippen LogP contribution is -2.12. The number of hydrogen-bond acceptors (Lipinski definition) is 4. The fourth-order valence-corrected chi connectivity index (χ4v) is 3.31. The summed E-state index contributed by atoms with van der Waals surface area (Å²) in [5, 5.41) is 2.78. The zero-order valence-corrected chi connectivity index (χ0v) is 16.8. The van der Waals surface area contributed by atoms with Crippen molar-refractivity contribution in [3.63, 3.8) is 0 Å². The number of amides is 1. The topological polar surface area (TPSA) is 72.7 Å². The van der Waals surface area contributed by atoms with Gasteiger partial charge in [-0.3, -0.25) is 14.0 Å². The van der Waals surface area contributed by atoms with E-state index in [1.165, 1.54) is 7.11 Å². The summed E-state index contributed by atoms with van der Waals surface area (Å²) in [6.07, 6.45) is 2.18. The highest BCUT2D eigenvalue weighted by molar-refractivity contribution is 6.09. The third-order valence-corrected chi connectivity index (χ3v) is 4.86. The van der Waals surface area contributed by atoms with E-state index in [-0.39, 0.29) is 11.7 Å². The molecule has 0 radical (unpaired) electrons. The van der Waals surface area contributed by atoms with Crippen LogP contribution in [-0.2, 0) is 4.79 Å². The standard InChI is InChI=1S/C24H21N3O3/c1-3-21(28)25-18-13-12-17(15-20(18)30-2)23(29)24-26-22(16-9-5-4-6-10-16)19-11-7-8-14-27(19)24/h4-15H,3H2,1-2H3,(H,25,28). The number of aromatic nitrogens is 2. The molecule has 0 saturated carbocycles. The number of nitrogens with one attached hydrogen (secondary N) is 1. The minimum absolute atomic E-state index is 0.126. The van der Waals surface area contributed by atoms with Gasteiger partial charge in [-0.1, -0.05) is 43.3 Å². The normalized spacial score (nSPS) is 10.7. The molecule has 1 N–H and O–H groups in total. The molecule has 2 heterocycles. The van der Waals surface area contributed by atoms with Crippen molar-refractivity contribution in [2.24, 2.45) is 0 Å². The lowest BCUT2D eigenvalue weighted by molar-refractivity contribution is -0.115. The monoisotopic (exact) mass is 399 g/mol. The Hall–Kier alpha value is -3.93. The molecule has 4 rings (SSSR count). The third-order valence-electron chi connectivity index (χ3n) is 4.86. The average Bonchev–Trinajstić information content (AvgIpc) is 3.19. The maximum Gasteiger partial charge on any atom is 0.228 e. The van der Waals surface area contributed by atoms with Crippen LogP contribution in [-0.4, -0.2) is 28.2 Å². The molecule has 0 unspecified atom stereocenters. The fourth-order valence-electron chi connectivity index (χ4n) is 3.31. The third kappa shape index (κ3) is 3.55. The quantitative estimate of drug-likeness (QED) is 0.481. The van der Waals surface area contributed by atoms with E-state index in [0.717, 1.165) is 16.8 Å². The average molecular weight is 399 g/mol. The zero-order valence-electron chi connectivity index (χ0n) is 16.8. The van der Waals surface area contributed by atoms with Crippen molar-refractivity contribution in [3.05, 3.63) is 84.3 Å². The van der Waals surface area contributed by atoms with Gasteiger partial charge >= 0.3 is 0 Å². The van der Waals surface area contributed by atoms with Crippen LogP contribution >= 0.6 is 0 Å². The molecule has 6 nitrogen and oxygen atoms in total. The molecule has 2 aromatic heterocycles. The second-order valence-electron chi connectivity index (χ2n) is 6.75. The Morgan fingerprint density at radius 1 is 1.03 bits per heavy atom. The van der Waals surface area contributed by atoms with Crippen molar-refractivity contribution in [2.75, 3.05) is 12.4 Å². The summed E-state index contributed by atoms with van der Waals surface area (Å²) < 4.78 is 7.18. The first kappa shape index (κ1) is 19.4. The van der Waals surface area contributed by atoms with E-state index in [2.05, 4.69) is 10.3 Å². The maximum atomic E-state index is 13.3. The number of fused-ring (bicyclic) bond motifs is 1. The van der Waals surface area contributed by atoms with Crippen molar-refractivity contribution in [2.45, 2.75) is 13.3 Å². The van der Waals surface area contributed by atoms with Crippen molar-refractivity contribution >= 4 is 22.9 Å². The first-order chi connectivity index (χ1) is 14.6. The van der Waals surface area contributed by atoms with E-state index >= 15 is 0 Å². The molecule has 1 amide bonds. The minimum Gasteiger partial charge on any atom is -0.495 e. The van der Waals surface area contributed by atoms with Gasteiger partial charge in [0.25, 0.3) is 0 Å². The van der Waals surface area contributed by atoms with Crippen LogP contribution in [0.4, 0.5) is 5.69 Å². The van der Waals surface area contributed by atoms with Crippen LogP contribution in [0, 0.1) is 0 Å². The van der Waals surface area contributed by atoms with Crippen LogP contribution in [0.3, 0.4) is 0 Å². The van der Waals surface area contributed by atoms with Crippen molar-refractivity contribution in [1.82, 2.24) is 9.38 Å². The zero-order chi connectivity index (χ0) is 21.1. The Morgan fingerprint density at radius 2 is 1.80 bits per heavy atom. The van der Waals surface area contributed by atoms with Gasteiger partial charge in [0.15, 0.2) is 5.82 Å². The van der Waals surface area contributed by atoms with Crippen molar-refractivity contribution in [3.8, 4) is 17.0 Å². The van der Waals surface area contributed by atoms with Gasteiger partial charge in [0.1, 0.15) is 5.75 Å². The Kier molecular flexibility index (Phi) is 5.30. The smallest absolute Gasteiger partial charge is 0.228 e. The number of imidazole rings is 1. The maximum absolute atomic E-state index is 13.3. The number of benzene rings is 2. The summed E-state index contributed by atoms with van der Waals surface area (Å²) in [6, 6.07) is 20.5. The number of rotatable bonds is 6. The Bertz CT molecular complexity index is 1230. The molecular formula is C24H21N3O3. The summed E-state index contributed by atoms with van der Waals surface area (Å²) in [4.78, 5) is 29.7. The summed E-state index contributed by atoms with van der Waals surface area (Å²) in [7, 11) is 1.50. The molecule has 0 aliphatic heterocycles. The van der Waals surface area contributed by atoms with E-state index in [4.69, 9.17) is 4.74 Å². The number of anilines is 1. The van der Waals surface area contributed by atoms with Crippen molar-refractivity contribution in [1.29, 1.82) is 0 Å². The highest BCUT2D eigenvalue weighted by Gasteiger charge is 2.21. The van der Waals surface area contributed by atoms with Crippen LogP contribution in [0.5, 0.6) is 5.75 Å². The van der Waals surface area contributed by atoms with Gasteiger partial charge in [-0.2, -0.15) is 0 Å². The molecular weight excluding hydrogens is 378 g/mol. The summed E-state index contributed by atoms with van der Waals surface area (Å²) in [6.45, 7) is 1.77. The van der Waals surface area contributed by atoms with E-state index < -0.39 is 0 Å². The first-order valence-electron chi connectivity index (χ1n) is 9.67. The van der Waals surface area contributed by atoms with E-state index in [1.54, 1.807) is 29.5 Å². The molecule has 30 heavy (non-hydrogen) atoms. The Morgan fingerprint density at radius 3 is 2.53 bits per heavy atom. The molecule has 0 saturated heterocycles. The molecule has 150 valence electrons. The fraction of sp³-hybridized carbons (Fsp3) is 0.125. The number of nitrogens with zero attached hydrogens (tertiary/aromatic N) is 2. The van der Waals surface area contributed by atoms with E-state index in [0.29, 0.717) is 29.2 Å². The van der Waals surface area contributed by atoms with Gasteiger partial charge in [-0.05, 0) is 30.3 Å². The Balaban J connectivity index is 1.78. The number of pyridine rings is 1. The van der Waals surface area contributed by atoms with Crippen molar-refractivity contribution < 1.29 is 14.3 Å². The highest BCUT2D eigenvalue weighted by Crippen LogP contribution is 2.29. The largest absolute Gasteiger partial charge is 0.495 e. The first-order valence-corrected chi connectivity index (χ1v) is 9.67. The number of hydrogen-bond donors (Lipinski definition) is 1. The highest BCUT2D eigenvalue weighted by atomic mass is 16.5. The van der Waals surface area contributed by atoms with Crippen LogP contribution in [0.15, 0.2) is 72.9 Å². The second-order valence-corrected chi connectivity index (χ2v) is 6.75. The molecule has 4 aromatic rings. The van der Waals surface area contributed by atoms with Crippen LogP contribution in [0.1, 0.15) is 29.5 Å². The van der Waals surface area contributed by atoms with Crippen LogP contribution in [0.25, 0.3) is 16.8 Å². The van der Waals surface area contributed by atoms with Gasteiger partial charge in [-0.15, -0.1) is 0 Å². The van der Waals surface area contributed by atoms with Crippen LogP contribution < -0.4 is 10.1 Å². The van der Waals surface area contributed by atoms with E-state index in [9.17, 15) is 9.59 Å². The molecule has 0 fully saturated rings. The van der Waals surface area contributed by atoms with Crippen LogP contribution in [0.2, 0.25) is 0 Å². The van der Waals surface area contributed by atoms with E-state index in [1.807, 2.05) is 54.7 Å². The predicted octanol–water partition coefficient (Wildman–Crippen LogP) is 4.59. The number of carbonyl (C=O) groups is 2. The molecule has 6 heteroatoms. The SMILES string of the molecule is CCC(=O)Nc1ccc(C(=O)c2nc(-c3ccccc3)c3ccccn23)cc1OC. The predicted molar refractivity (Wildman–Crippen MR) is 116 cm³/mol. The van der Waals surface area contributed by atoms with Gasteiger partial charge < -0.3 is 10.1 Å². The van der Waals surface area contributed by atoms with Gasteiger partial charge in [0.2, 0.25) is 11.7 Å². The second kappa shape index (κ2) is 8.21. The molecule has 0 spiro atoms. The molecule has 0 atom stereocenters. The molecule has 2 aromatic carbocycles. The van der Waals surface area contributed by atoms with Gasteiger partial charge in [0.05, 0.1) is 24.0 Å². The molecule has 0 bridgehead atoms. The number of ketones is 1.